The van der Waals surface area contributed by atoms with Gasteiger partial charge in [-0.15, -0.1) is 11.8 Å². The average Bonchev–Trinajstić information content (AvgIpc) is 2.38. The zero-order valence-electron chi connectivity index (χ0n) is 11.2. The minimum absolute atomic E-state index is 0.0626. The molecule has 0 bridgehead atoms. The summed E-state index contributed by atoms with van der Waals surface area (Å²) in [5.41, 5.74) is 0.922. The molecule has 0 aromatic heterocycles. The van der Waals surface area contributed by atoms with E-state index in [1.807, 2.05) is 26.0 Å². The van der Waals surface area contributed by atoms with E-state index in [9.17, 15) is 8.78 Å². The van der Waals surface area contributed by atoms with Crippen LogP contribution in [0, 0.1) is 5.92 Å². The number of hydrogen-bond donors (Lipinski definition) is 0. The van der Waals surface area contributed by atoms with Gasteiger partial charge in [-0.2, -0.15) is 0 Å². The van der Waals surface area contributed by atoms with Crippen molar-refractivity contribution in [3.63, 3.8) is 0 Å². The van der Waals surface area contributed by atoms with Crippen LogP contribution in [0.4, 0.5) is 8.78 Å². The molecule has 0 saturated carbocycles. The summed E-state index contributed by atoms with van der Waals surface area (Å²) in [6, 6.07) is 0. The first kappa shape index (κ1) is 17.5. The van der Waals surface area contributed by atoms with E-state index in [2.05, 4.69) is 6.58 Å². The summed E-state index contributed by atoms with van der Waals surface area (Å²) in [6.45, 7) is 6.76. The summed E-state index contributed by atoms with van der Waals surface area (Å²) < 4.78 is 24.4. The molecule has 0 aromatic rings. The zero-order valence-corrected chi connectivity index (χ0v) is 12.0. The Morgan fingerprint density at radius 3 is 2.56 bits per heavy atom. The van der Waals surface area contributed by atoms with Crippen molar-refractivity contribution in [2.45, 2.75) is 26.1 Å². The Morgan fingerprint density at radius 1 is 1.39 bits per heavy atom. The molecular formula is C14H21BF2S. The fourth-order valence-corrected chi connectivity index (χ4v) is 2.08. The van der Waals surface area contributed by atoms with Gasteiger partial charge < -0.3 is 0 Å². The van der Waals surface area contributed by atoms with Crippen molar-refractivity contribution in [3.05, 3.63) is 35.3 Å². The van der Waals surface area contributed by atoms with Crippen LogP contribution in [0.3, 0.4) is 0 Å². The Hall–Kier alpha value is -0.505. The van der Waals surface area contributed by atoms with Crippen LogP contribution in [0.1, 0.15) is 20.3 Å². The first-order valence-electron chi connectivity index (χ1n) is 6.08. The van der Waals surface area contributed by atoms with E-state index in [1.54, 1.807) is 17.8 Å². The largest absolute Gasteiger partial charge is 0.252 e. The van der Waals surface area contributed by atoms with Crippen molar-refractivity contribution in [3.8, 4) is 0 Å². The second kappa shape index (κ2) is 10.4. The van der Waals surface area contributed by atoms with Gasteiger partial charge >= 0.3 is 0 Å². The number of rotatable bonds is 9. The topological polar surface area (TPSA) is 0 Å². The van der Waals surface area contributed by atoms with Crippen molar-refractivity contribution in [2.75, 3.05) is 19.1 Å². The third-order valence-electron chi connectivity index (χ3n) is 2.70. The molecule has 4 heteroatoms. The van der Waals surface area contributed by atoms with Crippen LogP contribution in [0.25, 0.3) is 0 Å². The molecule has 0 heterocycles. The standard InChI is InChI=1S/C14H21BF2S/c1-4-13(12(3)14(15)10-17)7-6-11(2)18-9-5-8-16/h4,6-7,12,14H,1,5,8-10H2,2-3H3/b11-6+,13-7+/t12?,14-/m1/s1. The van der Waals surface area contributed by atoms with Crippen LogP contribution >= 0.6 is 11.8 Å². The molecule has 0 aliphatic rings. The molecule has 0 aliphatic heterocycles. The number of alkyl halides is 2. The molecular weight excluding hydrogens is 249 g/mol. The van der Waals surface area contributed by atoms with Gasteiger partial charge in [-0.1, -0.05) is 31.7 Å². The van der Waals surface area contributed by atoms with Crippen LogP contribution < -0.4 is 0 Å². The lowest BCUT2D eigenvalue weighted by atomic mass is 9.75. The summed E-state index contributed by atoms with van der Waals surface area (Å²) >= 11 is 1.62. The normalized spacial score (nSPS) is 16.4. The maximum Gasteiger partial charge on any atom is 0.0902 e. The van der Waals surface area contributed by atoms with Gasteiger partial charge in [-0.05, 0) is 35.6 Å². The molecule has 100 valence electrons. The average molecular weight is 270 g/mol. The monoisotopic (exact) mass is 270 g/mol. The van der Waals surface area contributed by atoms with Gasteiger partial charge in [0.25, 0.3) is 0 Å². The fourth-order valence-electron chi connectivity index (χ4n) is 1.34. The number of hydrogen-bond acceptors (Lipinski definition) is 1. The maximum atomic E-state index is 12.5. The van der Waals surface area contributed by atoms with E-state index < -0.39 is 12.5 Å². The molecule has 0 N–H and O–H groups in total. The predicted molar refractivity (Wildman–Crippen MR) is 79.7 cm³/mol. The third-order valence-corrected chi connectivity index (χ3v) is 3.78. The Morgan fingerprint density at radius 2 is 2.06 bits per heavy atom. The van der Waals surface area contributed by atoms with Gasteiger partial charge in [-0.3, -0.25) is 8.78 Å². The van der Waals surface area contributed by atoms with E-state index in [0.717, 1.165) is 16.2 Å². The zero-order chi connectivity index (χ0) is 14.0. The second-order valence-electron chi connectivity index (χ2n) is 4.15. The summed E-state index contributed by atoms with van der Waals surface area (Å²) in [4.78, 5) is 1.10. The minimum atomic E-state index is -0.541. The highest BCUT2D eigenvalue weighted by molar-refractivity contribution is 8.03. The summed E-state index contributed by atoms with van der Waals surface area (Å²) in [5.74, 6) is 0.213. The van der Waals surface area contributed by atoms with E-state index >= 15 is 0 Å². The van der Waals surface area contributed by atoms with Crippen molar-refractivity contribution in [1.29, 1.82) is 0 Å². The van der Waals surface area contributed by atoms with Crippen LogP contribution in [-0.4, -0.2) is 26.9 Å². The molecule has 2 atom stereocenters. The van der Waals surface area contributed by atoms with Gasteiger partial charge in [0.1, 0.15) is 0 Å². The Labute approximate surface area is 115 Å². The molecule has 0 amide bonds. The fraction of sp³-hybridized carbons (Fsp3) is 0.571. The number of allylic oxidation sites excluding steroid dienone is 5. The lowest BCUT2D eigenvalue weighted by Crippen LogP contribution is -2.09. The van der Waals surface area contributed by atoms with Gasteiger partial charge in [0.15, 0.2) is 0 Å². The molecule has 18 heavy (non-hydrogen) atoms. The van der Waals surface area contributed by atoms with E-state index in [4.69, 9.17) is 7.85 Å². The predicted octanol–water partition coefficient (Wildman–Crippen LogP) is 4.66. The van der Waals surface area contributed by atoms with Gasteiger partial charge in [0.05, 0.1) is 21.2 Å². The Bertz CT molecular complexity index is 300. The van der Waals surface area contributed by atoms with Crippen LogP contribution in [0.2, 0.25) is 5.82 Å². The molecule has 1 unspecified atom stereocenters. The Balaban J connectivity index is 4.50. The molecule has 0 aromatic carbocycles. The maximum absolute atomic E-state index is 12.5. The van der Waals surface area contributed by atoms with E-state index in [-0.39, 0.29) is 12.6 Å². The minimum Gasteiger partial charge on any atom is -0.252 e. The lowest BCUT2D eigenvalue weighted by molar-refractivity contribution is 0.432. The first-order valence-corrected chi connectivity index (χ1v) is 7.06. The second-order valence-corrected chi connectivity index (χ2v) is 5.49. The number of thioether (sulfide) groups is 1. The summed E-state index contributed by atoms with van der Waals surface area (Å²) in [6.07, 6.45) is 6.12. The summed E-state index contributed by atoms with van der Waals surface area (Å²) in [5, 5.41) is 0. The van der Waals surface area contributed by atoms with Crippen LogP contribution in [0.15, 0.2) is 35.3 Å². The highest BCUT2D eigenvalue weighted by atomic mass is 32.2. The molecule has 0 nitrogen and oxygen atoms in total. The first-order chi connectivity index (χ1) is 8.56. The van der Waals surface area contributed by atoms with Crippen molar-refractivity contribution >= 4 is 19.6 Å². The van der Waals surface area contributed by atoms with E-state index in [0.29, 0.717) is 6.42 Å². The van der Waals surface area contributed by atoms with Gasteiger partial charge in [0, 0.05) is 5.75 Å². The lowest BCUT2D eigenvalue weighted by Gasteiger charge is -2.18. The van der Waals surface area contributed by atoms with Gasteiger partial charge in [0.2, 0.25) is 0 Å². The molecule has 0 aliphatic carbocycles. The van der Waals surface area contributed by atoms with Crippen LogP contribution in [-0.2, 0) is 0 Å². The third kappa shape index (κ3) is 7.05. The molecule has 2 radical (unpaired) electrons. The molecule has 0 saturated heterocycles. The highest BCUT2D eigenvalue weighted by Crippen LogP contribution is 2.25. The quantitative estimate of drug-likeness (QED) is 0.333. The van der Waals surface area contributed by atoms with Crippen molar-refractivity contribution in [2.24, 2.45) is 5.92 Å². The molecule has 0 fully saturated rings. The Kier molecular flexibility index (Phi) is 10.1. The summed E-state index contributed by atoms with van der Waals surface area (Å²) in [7, 11) is 5.67. The highest BCUT2D eigenvalue weighted by Gasteiger charge is 2.13. The van der Waals surface area contributed by atoms with Crippen LogP contribution in [0.5, 0.6) is 0 Å². The SMILES string of the molecule is [B][C@H](CF)C(C)/C(C=C)=C/C=C(\C)SCCCF. The molecule has 0 spiro atoms. The molecule has 0 rings (SSSR count). The smallest absolute Gasteiger partial charge is 0.0902 e. The van der Waals surface area contributed by atoms with Crippen molar-refractivity contribution in [1.82, 2.24) is 0 Å². The number of halogens is 2. The van der Waals surface area contributed by atoms with E-state index in [1.165, 1.54) is 0 Å². The van der Waals surface area contributed by atoms with Gasteiger partial charge in [-0.25, -0.2) is 0 Å². The van der Waals surface area contributed by atoms with Crippen molar-refractivity contribution < 1.29 is 8.78 Å².